The van der Waals surface area contributed by atoms with Crippen LogP contribution in [-0.4, -0.2) is 12.0 Å². The summed E-state index contributed by atoms with van der Waals surface area (Å²) >= 11 is 6.01. The van der Waals surface area contributed by atoms with Crippen molar-refractivity contribution in [3.05, 3.63) is 64.2 Å². The van der Waals surface area contributed by atoms with Gasteiger partial charge in [0.15, 0.2) is 6.10 Å². The number of rotatable bonds is 6. The average Bonchev–Trinajstić information content (AvgIpc) is 2.56. The van der Waals surface area contributed by atoms with Crippen molar-refractivity contribution in [2.45, 2.75) is 46.3 Å². The third-order valence-corrected chi connectivity index (χ3v) is 4.44. The number of carbonyl (C=O) groups excluding carboxylic acids is 1. The van der Waals surface area contributed by atoms with Crippen LogP contribution in [0.15, 0.2) is 42.5 Å². The molecule has 0 spiro atoms. The first kappa shape index (κ1) is 18.3. The van der Waals surface area contributed by atoms with Crippen molar-refractivity contribution in [3.8, 4) is 5.75 Å². The van der Waals surface area contributed by atoms with Crippen LogP contribution in [0.5, 0.6) is 5.75 Å². The summed E-state index contributed by atoms with van der Waals surface area (Å²) in [7, 11) is 0. The Balaban J connectivity index is 2.01. The number of halogens is 1. The van der Waals surface area contributed by atoms with Gasteiger partial charge in [-0.1, -0.05) is 48.4 Å². The third kappa shape index (κ3) is 4.75. The molecule has 0 aliphatic carbocycles. The van der Waals surface area contributed by atoms with Gasteiger partial charge < -0.3 is 10.1 Å². The Hall–Kier alpha value is -2.00. The van der Waals surface area contributed by atoms with Crippen molar-refractivity contribution in [1.82, 2.24) is 5.32 Å². The van der Waals surface area contributed by atoms with Gasteiger partial charge in [0.25, 0.3) is 5.91 Å². The first-order valence-corrected chi connectivity index (χ1v) is 8.58. The summed E-state index contributed by atoms with van der Waals surface area (Å²) in [6.45, 7) is 7.76. The van der Waals surface area contributed by atoms with Crippen LogP contribution in [0.25, 0.3) is 0 Å². The highest BCUT2D eigenvalue weighted by molar-refractivity contribution is 6.31. The van der Waals surface area contributed by atoms with Gasteiger partial charge in [0.1, 0.15) is 5.75 Å². The molecule has 0 aromatic heterocycles. The molecule has 0 heterocycles. The van der Waals surface area contributed by atoms with Crippen molar-refractivity contribution in [1.29, 1.82) is 0 Å². The average molecular weight is 346 g/mol. The molecule has 2 aromatic carbocycles. The van der Waals surface area contributed by atoms with E-state index in [2.05, 4.69) is 36.5 Å². The van der Waals surface area contributed by atoms with Gasteiger partial charge >= 0.3 is 0 Å². The molecule has 0 aliphatic rings. The molecule has 4 heteroatoms. The molecule has 0 saturated heterocycles. The molecule has 0 bridgehead atoms. The fourth-order valence-electron chi connectivity index (χ4n) is 2.46. The molecule has 2 atom stereocenters. The van der Waals surface area contributed by atoms with Crippen LogP contribution in [0.1, 0.15) is 43.0 Å². The maximum Gasteiger partial charge on any atom is 0.261 e. The molecule has 128 valence electrons. The number of benzene rings is 2. The number of ether oxygens (including phenoxy) is 1. The number of aryl methyl sites for hydroxylation is 2. The molecule has 2 aromatic rings. The van der Waals surface area contributed by atoms with Crippen LogP contribution < -0.4 is 10.1 Å². The lowest BCUT2D eigenvalue weighted by Crippen LogP contribution is -2.38. The molecule has 1 amide bonds. The van der Waals surface area contributed by atoms with Gasteiger partial charge in [0.2, 0.25) is 0 Å². The van der Waals surface area contributed by atoms with Gasteiger partial charge in [-0.25, -0.2) is 0 Å². The summed E-state index contributed by atoms with van der Waals surface area (Å²) < 4.78 is 5.74. The number of carbonyl (C=O) groups is 1. The minimum atomic E-state index is -0.579. The quantitative estimate of drug-likeness (QED) is 0.800. The molecule has 24 heavy (non-hydrogen) atoms. The zero-order valence-corrected chi connectivity index (χ0v) is 15.4. The Morgan fingerprint density at radius 1 is 1.17 bits per heavy atom. The molecule has 0 saturated carbocycles. The minimum Gasteiger partial charge on any atom is -0.481 e. The Labute approximate surface area is 149 Å². The van der Waals surface area contributed by atoms with Gasteiger partial charge in [-0.15, -0.1) is 0 Å². The van der Waals surface area contributed by atoms with Crippen molar-refractivity contribution in [2.75, 3.05) is 0 Å². The van der Waals surface area contributed by atoms with Crippen molar-refractivity contribution in [3.63, 3.8) is 0 Å². The van der Waals surface area contributed by atoms with Gasteiger partial charge in [0, 0.05) is 5.02 Å². The number of hydrogen-bond donors (Lipinski definition) is 1. The zero-order valence-electron chi connectivity index (χ0n) is 14.6. The Morgan fingerprint density at radius 2 is 1.83 bits per heavy atom. The van der Waals surface area contributed by atoms with Crippen LogP contribution in [-0.2, 0) is 4.79 Å². The second kappa shape index (κ2) is 8.20. The molecular formula is C20H24ClNO2. The van der Waals surface area contributed by atoms with Gasteiger partial charge in [-0.3, -0.25) is 4.79 Å². The van der Waals surface area contributed by atoms with Crippen molar-refractivity contribution >= 4 is 17.5 Å². The van der Waals surface area contributed by atoms with E-state index < -0.39 is 6.10 Å². The predicted octanol–water partition coefficient (Wildman–Crippen LogP) is 4.99. The lowest BCUT2D eigenvalue weighted by atomic mass is 10.0. The van der Waals surface area contributed by atoms with E-state index in [1.54, 1.807) is 19.1 Å². The standard InChI is InChI=1S/C20H24ClNO2/c1-5-19(16-8-6-13(2)7-9-16)22-20(23)15(4)24-17-10-11-18(21)14(3)12-17/h6-12,15,19H,5H2,1-4H3,(H,22,23)/t15-,19+/m1/s1. The smallest absolute Gasteiger partial charge is 0.261 e. The molecule has 0 unspecified atom stereocenters. The van der Waals surface area contributed by atoms with Gasteiger partial charge in [-0.05, 0) is 56.5 Å². The molecule has 2 rings (SSSR count). The summed E-state index contributed by atoms with van der Waals surface area (Å²) in [6.07, 6.45) is 0.242. The fourth-order valence-corrected chi connectivity index (χ4v) is 2.57. The minimum absolute atomic E-state index is 0.0175. The highest BCUT2D eigenvalue weighted by Gasteiger charge is 2.19. The largest absolute Gasteiger partial charge is 0.481 e. The van der Waals surface area contributed by atoms with E-state index in [1.165, 1.54) is 5.56 Å². The highest BCUT2D eigenvalue weighted by Crippen LogP contribution is 2.22. The summed E-state index contributed by atoms with van der Waals surface area (Å²) in [5.41, 5.74) is 3.23. The van der Waals surface area contributed by atoms with E-state index in [0.29, 0.717) is 10.8 Å². The molecular weight excluding hydrogens is 322 g/mol. The molecule has 0 fully saturated rings. The summed E-state index contributed by atoms with van der Waals surface area (Å²) in [4.78, 5) is 12.4. The van der Waals surface area contributed by atoms with E-state index in [4.69, 9.17) is 16.3 Å². The van der Waals surface area contributed by atoms with E-state index in [9.17, 15) is 4.79 Å². The maximum atomic E-state index is 12.4. The summed E-state index contributed by atoms with van der Waals surface area (Å²) in [6, 6.07) is 13.6. The van der Waals surface area contributed by atoms with Crippen molar-refractivity contribution in [2.24, 2.45) is 0 Å². The molecule has 0 radical (unpaired) electrons. The molecule has 3 nitrogen and oxygen atoms in total. The Kier molecular flexibility index (Phi) is 6.27. The van der Waals surface area contributed by atoms with Crippen LogP contribution in [0, 0.1) is 13.8 Å². The Bertz CT molecular complexity index is 697. The first-order valence-electron chi connectivity index (χ1n) is 8.20. The van der Waals surface area contributed by atoms with Gasteiger partial charge in [0.05, 0.1) is 6.04 Å². The van der Waals surface area contributed by atoms with Crippen LogP contribution in [0.2, 0.25) is 5.02 Å². The predicted molar refractivity (Wildman–Crippen MR) is 98.6 cm³/mol. The summed E-state index contributed by atoms with van der Waals surface area (Å²) in [5, 5.41) is 3.74. The Morgan fingerprint density at radius 3 is 2.42 bits per heavy atom. The van der Waals surface area contributed by atoms with E-state index >= 15 is 0 Å². The van der Waals surface area contributed by atoms with Crippen LogP contribution in [0.3, 0.4) is 0 Å². The first-order chi connectivity index (χ1) is 11.4. The van der Waals surface area contributed by atoms with Crippen LogP contribution in [0.4, 0.5) is 0 Å². The van der Waals surface area contributed by atoms with E-state index in [1.807, 2.05) is 19.9 Å². The van der Waals surface area contributed by atoms with Crippen LogP contribution >= 0.6 is 11.6 Å². The summed E-state index contributed by atoms with van der Waals surface area (Å²) in [5.74, 6) is 0.512. The number of hydrogen-bond acceptors (Lipinski definition) is 2. The monoisotopic (exact) mass is 345 g/mol. The molecule has 1 N–H and O–H groups in total. The molecule has 0 aliphatic heterocycles. The fraction of sp³-hybridized carbons (Fsp3) is 0.350. The second-order valence-corrected chi connectivity index (χ2v) is 6.46. The van der Waals surface area contributed by atoms with Crippen molar-refractivity contribution < 1.29 is 9.53 Å². The highest BCUT2D eigenvalue weighted by atomic mass is 35.5. The van der Waals surface area contributed by atoms with E-state index in [-0.39, 0.29) is 11.9 Å². The van der Waals surface area contributed by atoms with E-state index in [0.717, 1.165) is 17.5 Å². The normalized spacial score (nSPS) is 13.2. The topological polar surface area (TPSA) is 38.3 Å². The lowest BCUT2D eigenvalue weighted by molar-refractivity contribution is -0.128. The zero-order chi connectivity index (χ0) is 17.7. The number of amides is 1. The second-order valence-electron chi connectivity index (χ2n) is 6.05. The number of nitrogens with one attached hydrogen (secondary N) is 1. The maximum absolute atomic E-state index is 12.4. The lowest BCUT2D eigenvalue weighted by Gasteiger charge is -2.21. The van der Waals surface area contributed by atoms with Gasteiger partial charge in [-0.2, -0.15) is 0 Å². The third-order valence-electron chi connectivity index (χ3n) is 4.02. The SMILES string of the molecule is CC[C@H](NC(=O)[C@@H](C)Oc1ccc(Cl)c(C)c1)c1ccc(C)cc1.